The molecule has 102 valence electrons. The highest BCUT2D eigenvalue weighted by molar-refractivity contribution is 5.95. The molecule has 1 aromatic carbocycles. The van der Waals surface area contributed by atoms with Gasteiger partial charge in [-0.15, -0.1) is 0 Å². The van der Waals surface area contributed by atoms with E-state index in [4.69, 9.17) is 4.74 Å². The van der Waals surface area contributed by atoms with Crippen LogP contribution in [0.15, 0.2) is 30.5 Å². The predicted molar refractivity (Wildman–Crippen MR) is 77.7 cm³/mol. The minimum Gasteiger partial charge on any atom is -0.496 e. The van der Waals surface area contributed by atoms with Gasteiger partial charge in [0.15, 0.2) is 0 Å². The van der Waals surface area contributed by atoms with Crippen LogP contribution >= 0.6 is 0 Å². The Balaban J connectivity index is 2.15. The summed E-state index contributed by atoms with van der Waals surface area (Å²) in [4.78, 5) is 4.37. The number of aliphatic hydroxyl groups excluding tert-OH is 1. The van der Waals surface area contributed by atoms with Crippen LogP contribution in [0.3, 0.4) is 0 Å². The Hall–Kier alpha value is -1.81. The van der Waals surface area contributed by atoms with E-state index >= 15 is 0 Å². The number of pyridine rings is 1. The third kappa shape index (κ3) is 3.35. The van der Waals surface area contributed by atoms with Crippen molar-refractivity contribution in [2.45, 2.75) is 25.9 Å². The minimum atomic E-state index is -0.248. The quantitative estimate of drug-likeness (QED) is 0.784. The van der Waals surface area contributed by atoms with Gasteiger partial charge in [-0.25, -0.2) is 4.98 Å². The van der Waals surface area contributed by atoms with Gasteiger partial charge in [0.25, 0.3) is 0 Å². The molecule has 0 amide bonds. The number of methoxy groups -OCH3 is 1. The first-order valence-corrected chi connectivity index (χ1v) is 6.56. The van der Waals surface area contributed by atoms with E-state index in [-0.39, 0.29) is 6.10 Å². The number of nitrogens with one attached hydrogen (secondary N) is 1. The molecule has 19 heavy (non-hydrogen) atoms. The molecule has 0 spiro atoms. The zero-order valence-corrected chi connectivity index (χ0v) is 11.4. The fourth-order valence-electron chi connectivity index (χ4n) is 2.10. The van der Waals surface area contributed by atoms with Crippen molar-refractivity contribution in [3.8, 4) is 5.75 Å². The van der Waals surface area contributed by atoms with E-state index in [0.29, 0.717) is 0 Å². The van der Waals surface area contributed by atoms with Crippen molar-refractivity contribution in [2.75, 3.05) is 19.0 Å². The molecule has 1 aromatic heterocycles. The molecule has 0 saturated heterocycles. The van der Waals surface area contributed by atoms with Crippen molar-refractivity contribution in [3.63, 3.8) is 0 Å². The SMILES string of the molecule is COc1cccc2c(NCCCC(C)O)nccc12. The lowest BCUT2D eigenvalue weighted by Gasteiger charge is -2.11. The van der Waals surface area contributed by atoms with E-state index in [9.17, 15) is 5.11 Å². The molecule has 4 nitrogen and oxygen atoms in total. The first-order chi connectivity index (χ1) is 9.22. The van der Waals surface area contributed by atoms with Crippen LogP contribution in [0.4, 0.5) is 5.82 Å². The summed E-state index contributed by atoms with van der Waals surface area (Å²) >= 11 is 0. The summed E-state index contributed by atoms with van der Waals surface area (Å²) in [6, 6.07) is 7.89. The molecule has 1 atom stereocenters. The number of aromatic nitrogens is 1. The van der Waals surface area contributed by atoms with Gasteiger partial charge in [0.1, 0.15) is 11.6 Å². The first-order valence-electron chi connectivity index (χ1n) is 6.56. The van der Waals surface area contributed by atoms with Gasteiger partial charge in [-0.3, -0.25) is 0 Å². The van der Waals surface area contributed by atoms with Crippen molar-refractivity contribution in [1.82, 2.24) is 4.98 Å². The molecule has 1 heterocycles. The Morgan fingerprint density at radius 2 is 2.16 bits per heavy atom. The lowest BCUT2D eigenvalue weighted by Crippen LogP contribution is -2.07. The number of nitrogens with zero attached hydrogens (tertiary/aromatic N) is 1. The van der Waals surface area contributed by atoms with Crippen molar-refractivity contribution >= 4 is 16.6 Å². The number of rotatable bonds is 6. The maximum Gasteiger partial charge on any atom is 0.133 e. The topological polar surface area (TPSA) is 54.4 Å². The predicted octanol–water partition coefficient (Wildman–Crippen LogP) is 2.82. The van der Waals surface area contributed by atoms with Crippen LogP contribution in [0.5, 0.6) is 5.75 Å². The minimum absolute atomic E-state index is 0.248. The van der Waals surface area contributed by atoms with Gasteiger partial charge in [0, 0.05) is 23.5 Å². The van der Waals surface area contributed by atoms with E-state index in [1.165, 1.54) is 0 Å². The molecule has 0 aliphatic rings. The highest BCUT2D eigenvalue weighted by Gasteiger charge is 2.05. The van der Waals surface area contributed by atoms with E-state index in [1.54, 1.807) is 20.2 Å². The average molecular weight is 260 g/mol. The zero-order chi connectivity index (χ0) is 13.7. The Kier molecular flexibility index (Phi) is 4.58. The second kappa shape index (κ2) is 6.38. The number of hydrogen-bond acceptors (Lipinski definition) is 4. The monoisotopic (exact) mass is 260 g/mol. The van der Waals surface area contributed by atoms with Crippen LogP contribution in [-0.2, 0) is 0 Å². The number of anilines is 1. The van der Waals surface area contributed by atoms with Gasteiger partial charge >= 0.3 is 0 Å². The Bertz CT molecular complexity index is 541. The van der Waals surface area contributed by atoms with E-state index in [1.807, 2.05) is 24.3 Å². The molecule has 2 aromatic rings. The summed E-state index contributed by atoms with van der Waals surface area (Å²) in [7, 11) is 1.67. The van der Waals surface area contributed by atoms with E-state index in [2.05, 4.69) is 10.3 Å². The summed E-state index contributed by atoms with van der Waals surface area (Å²) in [5, 5.41) is 14.7. The zero-order valence-electron chi connectivity index (χ0n) is 11.4. The Morgan fingerprint density at radius 3 is 2.89 bits per heavy atom. The molecule has 0 bridgehead atoms. The summed E-state index contributed by atoms with van der Waals surface area (Å²) in [5.41, 5.74) is 0. The molecule has 2 N–H and O–H groups in total. The number of hydrogen-bond donors (Lipinski definition) is 2. The highest BCUT2D eigenvalue weighted by atomic mass is 16.5. The molecule has 0 aliphatic heterocycles. The molecule has 0 aliphatic carbocycles. The van der Waals surface area contributed by atoms with Crippen molar-refractivity contribution in [2.24, 2.45) is 0 Å². The smallest absolute Gasteiger partial charge is 0.133 e. The third-order valence-electron chi connectivity index (χ3n) is 3.08. The van der Waals surface area contributed by atoms with Crippen molar-refractivity contribution in [1.29, 1.82) is 0 Å². The molecule has 1 unspecified atom stereocenters. The molecule has 0 radical (unpaired) electrons. The molecular weight excluding hydrogens is 240 g/mol. The van der Waals surface area contributed by atoms with Crippen molar-refractivity contribution < 1.29 is 9.84 Å². The average Bonchev–Trinajstić information content (AvgIpc) is 2.42. The maximum absolute atomic E-state index is 9.23. The standard InChI is InChI=1S/C15H20N2O2/c1-11(18)5-4-9-16-15-13-6-3-7-14(19-2)12(13)8-10-17-15/h3,6-8,10-11,18H,4-5,9H2,1-2H3,(H,16,17). The molecule has 4 heteroatoms. The van der Waals surface area contributed by atoms with Gasteiger partial charge in [-0.2, -0.15) is 0 Å². The van der Waals surface area contributed by atoms with Gasteiger partial charge in [-0.05, 0) is 31.9 Å². The normalized spacial score (nSPS) is 12.4. The molecular formula is C15H20N2O2. The van der Waals surface area contributed by atoms with Gasteiger partial charge in [0.05, 0.1) is 13.2 Å². The molecule has 2 rings (SSSR count). The van der Waals surface area contributed by atoms with Gasteiger partial charge in [0.2, 0.25) is 0 Å². The molecule has 0 fully saturated rings. The fourth-order valence-corrected chi connectivity index (χ4v) is 2.10. The van der Waals surface area contributed by atoms with Crippen LogP contribution in [0.2, 0.25) is 0 Å². The Morgan fingerprint density at radius 1 is 1.32 bits per heavy atom. The first kappa shape index (κ1) is 13.6. The summed E-state index contributed by atoms with van der Waals surface area (Å²) in [5.74, 6) is 1.72. The summed E-state index contributed by atoms with van der Waals surface area (Å²) in [6.07, 6.45) is 3.24. The largest absolute Gasteiger partial charge is 0.496 e. The highest BCUT2D eigenvalue weighted by Crippen LogP contribution is 2.28. The lowest BCUT2D eigenvalue weighted by atomic mass is 10.1. The maximum atomic E-state index is 9.23. The second-order valence-corrected chi connectivity index (χ2v) is 4.63. The number of fused-ring (bicyclic) bond motifs is 1. The fraction of sp³-hybridized carbons (Fsp3) is 0.400. The van der Waals surface area contributed by atoms with Crippen LogP contribution in [0.1, 0.15) is 19.8 Å². The van der Waals surface area contributed by atoms with E-state index < -0.39 is 0 Å². The summed E-state index contributed by atoms with van der Waals surface area (Å²) in [6.45, 7) is 2.61. The lowest BCUT2D eigenvalue weighted by molar-refractivity contribution is 0.183. The van der Waals surface area contributed by atoms with Crippen molar-refractivity contribution in [3.05, 3.63) is 30.5 Å². The van der Waals surface area contributed by atoms with Crippen LogP contribution in [0.25, 0.3) is 10.8 Å². The molecule has 0 saturated carbocycles. The van der Waals surface area contributed by atoms with Crippen LogP contribution in [0, 0.1) is 0 Å². The second-order valence-electron chi connectivity index (χ2n) is 4.63. The van der Waals surface area contributed by atoms with Crippen LogP contribution < -0.4 is 10.1 Å². The number of aliphatic hydroxyl groups is 1. The third-order valence-corrected chi connectivity index (χ3v) is 3.08. The number of ether oxygens (including phenoxy) is 1. The summed E-state index contributed by atoms with van der Waals surface area (Å²) < 4.78 is 5.35. The van der Waals surface area contributed by atoms with Crippen LogP contribution in [-0.4, -0.2) is 29.8 Å². The van der Waals surface area contributed by atoms with Gasteiger partial charge in [-0.1, -0.05) is 12.1 Å². The van der Waals surface area contributed by atoms with E-state index in [0.717, 1.165) is 41.7 Å². The Labute approximate surface area is 113 Å². The van der Waals surface area contributed by atoms with Gasteiger partial charge < -0.3 is 15.2 Å². The number of benzene rings is 1.